The summed E-state index contributed by atoms with van der Waals surface area (Å²) < 4.78 is 2.16. The molecule has 5 aromatic rings. The average molecular weight is 500 g/mol. The molecule has 1 amide bonds. The second-order valence-electron chi connectivity index (χ2n) is 8.92. The van der Waals surface area contributed by atoms with Gasteiger partial charge in [0, 0.05) is 42.5 Å². The number of nitrogens with one attached hydrogen (secondary N) is 1. The van der Waals surface area contributed by atoms with Crippen LogP contribution in [0.4, 0.5) is 5.69 Å². The van der Waals surface area contributed by atoms with E-state index in [1.807, 2.05) is 48.5 Å². The van der Waals surface area contributed by atoms with Gasteiger partial charge in [0.2, 0.25) is 0 Å². The Labute approximate surface area is 214 Å². The highest BCUT2D eigenvalue weighted by atomic mass is 32.1. The molecule has 36 heavy (non-hydrogen) atoms. The molecule has 0 atom stereocenters. The van der Waals surface area contributed by atoms with Gasteiger partial charge in [0.1, 0.15) is 5.69 Å². The number of hydrogen-bond acceptors (Lipinski definition) is 7. The second-order valence-corrected chi connectivity index (χ2v) is 9.76. The number of para-hydroxylation sites is 3. The summed E-state index contributed by atoms with van der Waals surface area (Å²) in [6.45, 7) is 6.07. The molecule has 0 bridgehead atoms. The minimum Gasteiger partial charge on any atom is -0.320 e. The fourth-order valence-electron chi connectivity index (χ4n) is 4.06. The van der Waals surface area contributed by atoms with Gasteiger partial charge in [-0.2, -0.15) is 0 Å². The number of aromatic nitrogens is 4. The number of thiazole rings is 1. The lowest BCUT2D eigenvalue weighted by atomic mass is 10.1. The minimum atomic E-state index is -0.304. The molecule has 3 aromatic heterocycles. The first-order valence-electron chi connectivity index (χ1n) is 12.0. The molecule has 5 rings (SSSR count). The third kappa shape index (κ3) is 5.13. The van der Waals surface area contributed by atoms with E-state index in [0.29, 0.717) is 11.2 Å². The topological polar surface area (TPSA) is 78.7 Å². The van der Waals surface area contributed by atoms with Crippen molar-refractivity contribution in [1.82, 2.24) is 29.2 Å². The highest BCUT2D eigenvalue weighted by Crippen LogP contribution is 2.30. The molecule has 0 aliphatic carbocycles. The summed E-state index contributed by atoms with van der Waals surface area (Å²) in [7, 11) is 4.20. The summed E-state index contributed by atoms with van der Waals surface area (Å²) in [5, 5.41) is 5.19. The van der Waals surface area contributed by atoms with Crippen LogP contribution >= 0.6 is 11.3 Å². The summed E-state index contributed by atoms with van der Waals surface area (Å²) in [5.41, 5.74) is 5.29. The van der Waals surface area contributed by atoms with Crippen molar-refractivity contribution in [3.8, 4) is 11.3 Å². The van der Waals surface area contributed by atoms with Crippen LogP contribution in [0.5, 0.6) is 0 Å². The first kappa shape index (κ1) is 24.1. The van der Waals surface area contributed by atoms with Gasteiger partial charge in [-0.15, -0.1) is 11.3 Å². The van der Waals surface area contributed by atoms with Crippen LogP contribution in [0.2, 0.25) is 0 Å². The number of carbonyl (C=O) groups excluding carboxylic acids is 1. The zero-order valence-corrected chi connectivity index (χ0v) is 21.5. The van der Waals surface area contributed by atoms with Crippen molar-refractivity contribution in [1.29, 1.82) is 0 Å². The Bertz CT molecular complexity index is 1510. The number of hydrogen-bond donors (Lipinski definition) is 1. The maximum atomic E-state index is 13.0. The van der Waals surface area contributed by atoms with Crippen LogP contribution in [-0.2, 0) is 6.54 Å². The smallest absolute Gasteiger partial charge is 0.275 e. The highest BCUT2D eigenvalue weighted by Gasteiger charge is 2.17. The Morgan fingerprint density at radius 3 is 2.61 bits per heavy atom. The molecule has 0 unspecified atom stereocenters. The lowest BCUT2D eigenvalue weighted by Crippen LogP contribution is -2.31. The lowest BCUT2D eigenvalue weighted by molar-refractivity contribution is 0.102. The van der Waals surface area contributed by atoms with Crippen molar-refractivity contribution in [3.63, 3.8) is 0 Å². The van der Waals surface area contributed by atoms with Gasteiger partial charge in [0.15, 0.2) is 4.96 Å². The van der Waals surface area contributed by atoms with Crippen LogP contribution in [0.25, 0.3) is 27.3 Å². The number of rotatable bonds is 9. The van der Waals surface area contributed by atoms with Gasteiger partial charge < -0.3 is 10.2 Å². The molecule has 0 spiro atoms. The Hall–Kier alpha value is -3.66. The highest BCUT2D eigenvalue weighted by molar-refractivity contribution is 7.15. The molecule has 9 heteroatoms. The van der Waals surface area contributed by atoms with E-state index >= 15 is 0 Å². The largest absolute Gasteiger partial charge is 0.320 e. The van der Waals surface area contributed by atoms with E-state index in [4.69, 9.17) is 4.98 Å². The van der Waals surface area contributed by atoms with Crippen molar-refractivity contribution in [2.24, 2.45) is 0 Å². The molecular formula is C27H29N7OS. The molecule has 0 fully saturated rings. The third-order valence-electron chi connectivity index (χ3n) is 6.11. The van der Waals surface area contributed by atoms with E-state index in [2.05, 4.69) is 62.1 Å². The summed E-state index contributed by atoms with van der Waals surface area (Å²) >= 11 is 1.63. The van der Waals surface area contributed by atoms with Gasteiger partial charge in [0.05, 0.1) is 28.6 Å². The summed E-state index contributed by atoms with van der Waals surface area (Å²) in [5.74, 6) is -0.304. The van der Waals surface area contributed by atoms with Crippen molar-refractivity contribution in [3.05, 3.63) is 77.7 Å². The van der Waals surface area contributed by atoms with Gasteiger partial charge in [-0.05, 0) is 38.8 Å². The Kier molecular flexibility index (Phi) is 7.04. The van der Waals surface area contributed by atoms with E-state index in [9.17, 15) is 4.79 Å². The van der Waals surface area contributed by atoms with E-state index in [0.717, 1.165) is 47.9 Å². The number of anilines is 1. The standard InChI is InChI=1S/C27H29N7OS/c1-4-33(14-13-32(2)3)16-19-18-36-27-31-25(17-34(19)27)20-9-5-6-10-21(20)30-26(35)24-15-28-22-11-7-8-12-23(22)29-24/h5-12,15,17-18H,4,13-14,16H2,1-3H3,(H,30,35). The number of nitrogens with zero attached hydrogens (tertiary/aromatic N) is 6. The lowest BCUT2D eigenvalue weighted by Gasteiger charge is -2.22. The average Bonchev–Trinajstić information content (AvgIpc) is 3.48. The number of carbonyl (C=O) groups is 1. The SMILES string of the molecule is CCN(CCN(C)C)Cc1csc2nc(-c3ccccc3NC(=O)c3cnc4ccccc4n3)cn12. The first-order valence-corrected chi connectivity index (χ1v) is 12.8. The van der Waals surface area contributed by atoms with Crippen LogP contribution in [0, 0.1) is 0 Å². The number of fused-ring (bicyclic) bond motifs is 2. The molecule has 184 valence electrons. The number of imidazole rings is 1. The molecular weight excluding hydrogens is 470 g/mol. The normalized spacial score (nSPS) is 11.7. The zero-order valence-electron chi connectivity index (χ0n) is 20.7. The van der Waals surface area contributed by atoms with Crippen LogP contribution < -0.4 is 5.32 Å². The van der Waals surface area contributed by atoms with Gasteiger partial charge in [-0.3, -0.25) is 19.1 Å². The Morgan fingerprint density at radius 2 is 1.81 bits per heavy atom. The fraction of sp³-hybridized carbons (Fsp3) is 0.259. The number of benzene rings is 2. The van der Waals surface area contributed by atoms with E-state index in [-0.39, 0.29) is 11.6 Å². The third-order valence-corrected chi connectivity index (χ3v) is 7.00. The monoisotopic (exact) mass is 499 g/mol. The maximum Gasteiger partial charge on any atom is 0.275 e. The molecule has 0 radical (unpaired) electrons. The van der Waals surface area contributed by atoms with Crippen molar-refractivity contribution >= 4 is 38.9 Å². The maximum absolute atomic E-state index is 13.0. The second kappa shape index (κ2) is 10.5. The zero-order chi connectivity index (χ0) is 25.1. The van der Waals surface area contributed by atoms with Crippen molar-refractivity contribution < 1.29 is 4.79 Å². The number of amides is 1. The van der Waals surface area contributed by atoms with E-state index in [1.165, 1.54) is 11.9 Å². The molecule has 1 N–H and O–H groups in total. The van der Waals surface area contributed by atoms with Crippen LogP contribution in [0.1, 0.15) is 23.1 Å². The molecule has 8 nitrogen and oxygen atoms in total. The van der Waals surface area contributed by atoms with E-state index < -0.39 is 0 Å². The van der Waals surface area contributed by atoms with E-state index in [1.54, 1.807) is 11.3 Å². The van der Waals surface area contributed by atoms with Crippen molar-refractivity contribution in [2.45, 2.75) is 13.5 Å². The Balaban J connectivity index is 1.39. The van der Waals surface area contributed by atoms with Gasteiger partial charge in [0.25, 0.3) is 5.91 Å². The van der Waals surface area contributed by atoms with Crippen LogP contribution in [-0.4, -0.2) is 68.8 Å². The van der Waals surface area contributed by atoms with Gasteiger partial charge >= 0.3 is 0 Å². The summed E-state index contributed by atoms with van der Waals surface area (Å²) in [4.78, 5) is 32.3. The quantitative estimate of drug-likeness (QED) is 0.318. The first-order chi connectivity index (χ1) is 17.5. The molecule has 0 aliphatic rings. The molecule has 0 saturated heterocycles. The molecule has 0 saturated carbocycles. The summed E-state index contributed by atoms with van der Waals surface area (Å²) in [6, 6.07) is 15.2. The van der Waals surface area contributed by atoms with Gasteiger partial charge in [-0.25, -0.2) is 9.97 Å². The predicted molar refractivity (Wildman–Crippen MR) is 146 cm³/mol. The molecule has 3 heterocycles. The van der Waals surface area contributed by atoms with Gasteiger partial charge in [-0.1, -0.05) is 37.3 Å². The van der Waals surface area contributed by atoms with Crippen molar-refractivity contribution in [2.75, 3.05) is 39.0 Å². The minimum absolute atomic E-state index is 0.272. The number of likely N-dealkylation sites (N-methyl/N-ethyl adjacent to an activating group) is 2. The van der Waals surface area contributed by atoms with Crippen LogP contribution in [0.3, 0.4) is 0 Å². The van der Waals surface area contributed by atoms with Crippen LogP contribution in [0.15, 0.2) is 66.3 Å². The Morgan fingerprint density at radius 1 is 1.03 bits per heavy atom. The summed E-state index contributed by atoms with van der Waals surface area (Å²) in [6.07, 6.45) is 3.57. The fourth-order valence-corrected chi connectivity index (χ4v) is 4.92. The molecule has 2 aromatic carbocycles. The predicted octanol–water partition coefficient (Wildman–Crippen LogP) is 4.64. The molecule has 0 aliphatic heterocycles.